The lowest BCUT2D eigenvalue weighted by Crippen LogP contribution is -2.25. The zero-order chi connectivity index (χ0) is 15.4. The maximum atomic E-state index is 3.46. The molecule has 0 radical (unpaired) electrons. The van der Waals surface area contributed by atoms with Gasteiger partial charge in [0.2, 0.25) is 0 Å². The molecular formula is C19H25NS. The van der Waals surface area contributed by atoms with Gasteiger partial charge in [0, 0.05) is 16.2 Å². The van der Waals surface area contributed by atoms with E-state index in [1.54, 1.807) is 0 Å². The van der Waals surface area contributed by atoms with Crippen LogP contribution in [0.25, 0.3) is 0 Å². The highest BCUT2D eigenvalue weighted by Crippen LogP contribution is 2.32. The van der Waals surface area contributed by atoms with Gasteiger partial charge in [0.1, 0.15) is 0 Å². The average Bonchev–Trinajstić information content (AvgIpc) is 2.46. The van der Waals surface area contributed by atoms with E-state index >= 15 is 0 Å². The Hall–Kier alpha value is -1.25. The number of benzene rings is 2. The monoisotopic (exact) mass is 299 g/mol. The Bertz CT molecular complexity index is 589. The van der Waals surface area contributed by atoms with Crippen molar-refractivity contribution in [3.8, 4) is 0 Å². The summed E-state index contributed by atoms with van der Waals surface area (Å²) in [6.07, 6.45) is 0. The van der Waals surface area contributed by atoms with Gasteiger partial charge in [-0.15, -0.1) is 11.8 Å². The van der Waals surface area contributed by atoms with E-state index in [0.29, 0.717) is 11.3 Å². The molecule has 2 aromatic rings. The first-order valence-corrected chi connectivity index (χ1v) is 8.37. The Morgan fingerprint density at radius 2 is 1.57 bits per heavy atom. The molecule has 0 aromatic heterocycles. The van der Waals surface area contributed by atoms with E-state index in [9.17, 15) is 0 Å². The Kier molecular flexibility index (Phi) is 5.49. The first kappa shape index (κ1) is 16.1. The van der Waals surface area contributed by atoms with E-state index in [4.69, 9.17) is 0 Å². The zero-order valence-corrected chi connectivity index (χ0v) is 14.4. The lowest BCUT2D eigenvalue weighted by atomic mass is 10.0. The molecule has 0 amide bonds. The Balaban J connectivity index is 2.14. The van der Waals surface area contributed by atoms with Gasteiger partial charge in [-0.1, -0.05) is 42.8 Å². The Labute approximate surface area is 133 Å². The zero-order valence-electron chi connectivity index (χ0n) is 13.6. The second kappa shape index (κ2) is 7.15. The van der Waals surface area contributed by atoms with Crippen LogP contribution in [0, 0.1) is 20.8 Å². The largest absolute Gasteiger partial charge is 0.312 e. The molecule has 0 heterocycles. The van der Waals surface area contributed by atoms with Crippen molar-refractivity contribution in [3.63, 3.8) is 0 Å². The molecule has 1 N–H and O–H groups in total. The summed E-state index contributed by atoms with van der Waals surface area (Å²) in [6, 6.07) is 15.9. The van der Waals surface area contributed by atoms with Crippen molar-refractivity contribution in [2.45, 2.75) is 43.9 Å². The second-order valence-corrected chi connectivity index (χ2v) is 7.20. The van der Waals surface area contributed by atoms with Crippen LogP contribution in [0.5, 0.6) is 0 Å². The van der Waals surface area contributed by atoms with Gasteiger partial charge in [-0.05, 0) is 56.6 Å². The molecule has 1 nitrogen and oxygen atoms in total. The summed E-state index contributed by atoms with van der Waals surface area (Å²) < 4.78 is 0. The van der Waals surface area contributed by atoms with Crippen LogP contribution in [0.15, 0.2) is 47.4 Å². The second-order valence-electron chi connectivity index (χ2n) is 5.75. The van der Waals surface area contributed by atoms with Gasteiger partial charge >= 0.3 is 0 Å². The molecule has 21 heavy (non-hydrogen) atoms. The van der Waals surface area contributed by atoms with Crippen LogP contribution in [0.4, 0.5) is 0 Å². The summed E-state index contributed by atoms with van der Waals surface area (Å²) in [5, 5.41) is 3.94. The van der Waals surface area contributed by atoms with Gasteiger partial charge in [0.15, 0.2) is 0 Å². The first-order valence-electron chi connectivity index (χ1n) is 7.49. The van der Waals surface area contributed by atoms with Crippen molar-refractivity contribution in [1.82, 2.24) is 5.32 Å². The third-order valence-electron chi connectivity index (χ3n) is 4.02. The molecular weight excluding hydrogens is 274 g/mol. The van der Waals surface area contributed by atoms with Crippen molar-refractivity contribution < 1.29 is 0 Å². The summed E-state index contributed by atoms with van der Waals surface area (Å²) in [5.74, 6) is 0. The average molecular weight is 299 g/mol. The van der Waals surface area contributed by atoms with Gasteiger partial charge in [0.05, 0.1) is 0 Å². The van der Waals surface area contributed by atoms with Crippen LogP contribution >= 0.6 is 11.8 Å². The van der Waals surface area contributed by atoms with Crippen LogP contribution in [0.2, 0.25) is 0 Å². The minimum absolute atomic E-state index is 0.359. The normalized spacial score (nSPS) is 14.0. The predicted octanol–water partition coefficient (Wildman–Crippen LogP) is 5.05. The van der Waals surface area contributed by atoms with Crippen molar-refractivity contribution in [1.29, 1.82) is 0 Å². The minimum Gasteiger partial charge on any atom is -0.312 e. The standard InChI is InChI=1S/C19H25NS/c1-13-6-9-17(10-7-13)19(20-5)16(4)21-18-11-8-14(2)15(3)12-18/h6-12,16,19-20H,1-5H3. The number of rotatable bonds is 5. The number of hydrogen-bond donors (Lipinski definition) is 1. The summed E-state index contributed by atoms with van der Waals surface area (Å²) >= 11 is 1.94. The molecule has 0 aliphatic heterocycles. The van der Waals surface area contributed by atoms with Crippen molar-refractivity contribution >= 4 is 11.8 Å². The number of aryl methyl sites for hydroxylation is 3. The fourth-order valence-corrected chi connectivity index (χ4v) is 3.77. The minimum atomic E-state index is 0.359. The Morgan fingerprint density at radius 3 is 2.14 bits per heavy atom. The third kappa shape index (κ3) is 4.12. The maximum absolute atomic E-state index is 3.46. The highest BCUT2D eigenvalue weighted by Gasteiger charge is 2.18. The first-order chi connectivity index (χ1) is 10.0. The molecule has 2 heteroatoms. The lowest BCUT2D eigenvalue weighted by molar-refractivity contribution is 0.589. The van der Waals surface area contributed by atoms with Crippen LogP contribution < -0.4 is 5.32 Å². The molecule has 0 saturated carbocycles. The molecule has 0 aliphatic rings. The highest BCUT2D eigenvalue weighted by molar-refractivity contribution is 8.00. The van der Waals surface area contributed by atoms with Crippen LogP contribution in [0.1, 0.15) is 35.2 Å². The molecule has 0 fully saturated rings. The summed E-state index contributed by atoms with van der Waals surface area (Å²) in [5.41, 5.74) is 5.38. The summed E-state index contributed by atoms with van der Waals surface area (Å²) in [6.45, 7) is 8.77. The molecule has 2 rings (SSSR count). The van der Waals surface area contributed by atoms with Crippen molar-refractivity contribution in [3.05, 3.63) is 64.7 Å². The summed E-state index contributed by atoms with van der Waals surface area (Å²) in [7, 11) is 2.04. The van der Waals surface area contributed by atoms with Crippen molar-refractivity contribution in [2.24, 2.45) is 0 Å². The molecule has 2 atom stereocenters. The van der Waals surface area contributed by atoms with E-state index in [1.807, 2.05) is 18.8 Å². The number of thioether (sulfide) groups is 1. The SMILES string of the molecule is CNC(c1ccc(C)cc1)C(C)Sc1ccc(C)c(C)c1. The van der Waals surface area contributed by atoms with Crippen LogP contribution in [-0.2, 0) is 0 Å². The van der Waals surface area contributed by atoms with Gasteiger partial charge < -0.3 is 5.32 Å². The van der Waals surface area contributed by atoms with E-state index in [-0.39, 0.29) is 0 Å². The molecule has 0 bridgehead atoms. The quantitative estimate of drug-likeness (QED) is 0.775. The van der Waals surface area contributed by atoms with Gasteiger partial charge in [-0.25, -0.2) is 0 Å². The van der Waals surface area contributed by atoms with E-state index in [1.165, 1.54) is 27.1 Å². The lowest BCUT2D eigenvalue weighted by Gasteiger charge is -2.24. The van der Waals surface area contributed by atoms with E-state index in [2.05, 4.69) is 75.5 Å². The smallest absolute Gasteiger partial charge is 0.0438 e. The van der Waals surface area contributed by atoms with Gasteiger partial charge in [0.25, 0.3) is 0 Å². The van der Waals surface area contributed by atoms with Crippen molar-refractivity contribution in [2.75, 3.05) is 7.05 Å². The third-order valence-corrected chi connectivity index (χ3v) is 5.19. The van der Waals surface area contributed by atoms with E-state index in [0.717, 1.165) is 0 Å². The molecule has 112 valence electrons. The molecule has 0 spiro atoms. The van der Waals surface area contributed by atoms with Crippen LogP contribution in [0.3, 0.4) is 0 Å². The molecule has 2 unspecified atom stereocenters. The predicted molar refractivity (Wildman–Crippen MR) is 94.2 cm³/mol. The van der Waals surface area contributed by atoms with Crippen LogP contribution in [-0.4, -0.2) is 12.3 Å². The van der Waals surface area contributed by atoms with Gasteiger partial charge in [-0.2, -0.15) is 0 Å². The fourth-order valence-electron chi connectivity index (χ4n) is 2.52. The van der Waals surface area contributed by atoms with E-state index < -0.39 is 0 Å². The molecule has 0 aliphatic carbocycles. The number of hydrogen-bond acceptors (Lipinski definition) is 2. The molecule has 2 aromatic carbocycles. The fraction of sp³-hybridized carbons (Fsp3) is 0.368. The molecule has 0 saturated heterocycles. The van der Waals surface area contributed by atoms with Gasteiger partial charge in [-0.3, -0.25) is 0 Å². The summed E-state index contributed by atoms with van der Waals surface area (Å²) in [4.78, 5) is 1.35. The highest BCUT2D eigenvalue weighted by atomic mass is 32.2. The number of nitrogens with one attached hydrogen (secondary N) is 1. The topological polar surface area (TPSA) is 12.0 Å². The maximum Gasteiger partial charge on any atom is 0.0438 e. The Morgan fingerprint density at radius 1 is 0.905 bits per heavy atom.